The van der Waals surface area contributed by atoms with Crippen molar-refractivity contribution < 1.29 is 23.2 Å². The second kappa shape index (κ2) is 8.02. The first-order chi connectivity index (χ1) is 17.5. The average Bonchev–Trinajstić information content (AvgIpc) is 3.47. The highest BCUT2D eigenvalue weighted by molar-refractivity contribution is 5.81. The van der Waals surface area contributed by atoms with E-state index >= 15 is 0 Å². The molecule has 0 amide bonds. The van der Waals surface area contributed by atoms with Crippen molar-refractivity contribution in [2.75, 3.05) is 19.6 Å². The molecule has 0 radical (unpaired) electrons. The number of fused-ring (bicyclic) bond motifs is 6. The van der Waals surface area contributed by atoms with Crippen LogP contribution in [0.5, 0.6) is 5.75 Å². The molecule has 3 saturated heterocycles. The standard InChI is InChI=1S/C30H28FN2O3/c31-21-6-5-7-22(16-21)35-28-19-33(14-12-20(28)13-15-33)18-23-17-29(32-36-23)30(34)26-10-3-1-8-24(26)25-9-2-4-11-27(25)30/h1-11,16-17,20,28,34H,12-15,18-19H2/q+1/t20?,28-,33?/m0/s1. The van der Waals surface area contributed by atoms with Crippen LogP contribution >= 0.6 is 0 Å². The third kappa shape index (κ3) is 3.32. The fraction of sp³-hybridized carbons (Fsp3) is 0.300. The summed E-state index contributed by atoms with van der Waals surface area (Å²) in [5, 5.41) is 16.5. The number of aromatic nitrogens is 1. The lowest BCUT2D eigenvalue weighted by molar-refractivity contribution is -0.959. The lowest BCUT2D eigenvalue weighted by Crippen LogP contribution is -2.64. The first kappa shape index (κ1) is 21.8. The topological polar surface area (TPSA) is 55.5 Å². The van der Waals surface area contributed by atoms with Crippen molar-refractivity contribution in [1.29, 1.82) is 0 Å². The van der Waals surface area contributed by atoms with Gasteiger partial charge in [-0.25, -0.2) is 4.39 Å². The molecule has 4 aromatic rings. The van der Waals surface area contributed by atoms with Crippen molar-refractivity contribution in [2.45, 2.75) is 31.1 Å². The molecule has 6 heteroatoms. The third-order valence-electron chi connectivity index (χ3n) is 8.47. The molecule has 1 aromatic heterocycles. The van der Waals surface area contributed by atoms with E-state index in [2.05, 4.69) is 5.16 Å². The molecule has 4 aliphatic rings. The molecule has 3 fully saturated rings. The van der Waals surface area contributed by atoms with Gasteiger partial charge < -0.3 is 18.8 Å². The van der Waals surface area contributed by atoms with E-state index in [1.54, 1.807) is 6.07 Å². The highest BCUT2D eigenvalue weighted by atomic mass is 19.1. The maximum Gasteiger partial charge on any atom is 0.191 e. The fourth-order valence-electron chi connectivity index (χ4n) is 6.67. The lowest BCUT2D eigenvalue weighted by atomic mass is 9.83. The number of piperidine rings is 3. The van der Waals surface area contributed by atoms with Crippen molar-refractivity contribution in [3.63, 3.8) is 0 Å². The van der Waals surface area contributed by atoms with Gasteiger partial charge in [0.25, 0.3) is 0 Å². The molecule has 0 saturated carbocycles. The Hall–Kier alpha value is -3.48. The first-order valence-electron chi connectivity index (χ1n) is 12.7. The normalized spacial score (nSPS) is 25.4. The Labute approximate surface area is 209 Å². The van der Waals surface area contributed by atoms with Crippen LogP contribution in [-0.4, -0.2) is 40.5 Å². The van der Waals surface area contributed by atoms with Gasteiger partial charge in [-0.3, -0.25) is 0 Å². The number of hydrogen-bond donors (Lipinski definition) is 1. The lowest BCUT2D eigenvalue weighted by Gasteiger charge is -2.51. The van der Waals surface area contributed by atoms with Gasteiger partial charge in [0.1, 0.15) is 30.4 Å². The SMILES string of the molecule is OC1(c2cc(C[N+]34CCC(CC3)[C@@H](Oc3cccc(F)c3)C4)on2)c2ccccc2-c2ccccc21. The van der Waals surface area contributed by atoms with Gasteiger partial charge in [-0.1, -0.05) is 59.8 Å². The maximum absolute atomic E-state index is 13.7. The van der Waals surface area contributed by atoms with Gasteiger partial charge in [0.15, 0.2) is 17.5 Å². The van der Waals surface area contributed by atoms with Gasteiger partial charge in [0.05, 0.1) is 13.1 Å². The Bertz CT molecular complexity index is 1390. The Morgan fingerprint density at radius 3 is 2.33 bits per heavy atom. The van der Waals surface area contributed by atoms with Crippen LogP contribution in [0.3, 0.4) is 0 Å². The van der Waals surface area contributed by atoms with E-state index in [4.69, 9.17) is 9.26 Å². The Morgan fingerprint density at radius 1 is 0.944 bits per heavy atom. The number of rotatable bonds is 5. The number of benzene rings is 3. The summed E-state index contributed by atoms with van der Waals surface area (Å²) in [6, 6.07) is 24.3. The largest absolute Gasteiger partial charge is 0.484 e. The summed E-state index contributed by atoms with van der Waals surface area (Å²) in [6.07, 6.45) is 2.20. The number of halogens is 1. The number of aliphatic hydroxyl groups is 1. The van der Waals surface area contributed by atoms with Gasteiger partial charge in [0.2, 0.25) is 0 Å². The minimum absolute atomic E-state index is 0.0504. The minimum Gasteiger partial charge on any atom is -0.484 e. The summed E-state index contributed by atoms with van der Waals surface area (Å²) < 4.78 is 26.7. The van der Waals surface area contributed by atoms with Crippen LogP contribution in [0.4, 0.5) is 4.39 Å². The van der Waals surface area contributed by atoms with Crippen LogP contribution < -0.4 is 4.74 Å². The van der Waals surface area contributed by atoms with Gasteiger partial charge in [-0.2, -0.15) is 0 Å². The van der Waals surface area contributed by atoms with E-state index in [1.807, 2.05) is 60.7 Å². The summed E-state index contributed by atoms with van der Waals surface area (Å²) in [4.78, 5) is 0. The zero-order valence-electron chi connectivity index (χ0n) is 19.9. The molecule has 1 N–H and O–H groups in total. The minimum atomic E-state index is -1.34. The molecule has 36 heavy (non-hydrogen) atoms. The Balaban J connectivity index is 1.17. The predicted octanol–water partition coefficient (Wildman–Crippen LogP) is 5.27. The second-order valence-electron chi connectivity index (χ2n) is 10.6. The number of hydrogen-bond acceptors (Lipinski definition) is 4. The Morgan fingerprint density at radius 2 is 1.64 bits per heavy atom. The summed E-state index contributed by atoms with van der Waals surface area (Å²) >= 11 is 0. The summed E-state index contributed by atoms with van der Waals surface area (Å²) in [5.41, 5.74) is 2.90. The van der Waals surface area contributed by atoms with Crippen LogP contribution in [-0.2, 0) is 12.1 Å². The monoisotopic (exact) mass is 483 g/mol. The molecule has 1 aliphatic carbocycles. The van der Waals surface area contributed by atoms with Crippen LogP contribution in [0, 0.1) is 11.7 Å². The molecule has 0 unspecified atom stereocenters. The van der Waals surface area contributed by atoms with Crippen molar-refractivity contribution in [3.8, 4) is 16.9 Å². The first-order valence-corrected chi connectivity index (χ1v) is 12.7. The third-order valence-corrected chi connectivity index (χ3v) is 8.47. The van der Waals surface area contributed by atoms with Crippen molar-refractivity contribution in [1.82, 2.24) is 5.16 Å². The molecule has 4 heterocycles. The van der Waals surface area contributed by atoms with Crippen molar-refractivity contribution in [2.24, 2.45) is 5.92 Å². The quantitative estimate of drug-likeness (QED) is 0.393. The fourth-order valence-corrected chi connectivity index (χ4v) is 6.67. The average molecular weight is 484 g/mol. The molecule has 0 spiro atoms. The smallest absolute Gasteiger partial charge is 0.191 e. The number of ether oxygens (including phenoxy) is 1. The van der Waals surface area contributed by atoms with E-state index in [9.17, 15) is 9.50 Å². The zero-order valence-corrected chi connectivity index (χ0v) is 19.9. The van der Waals surface area contributed by atoms with Gasteiger partial charge in [-0.05, 0) is 23.3 Å². The van der Waals surface area contributed by atoms with E-state index in [0.29, 0.717) is 23.9 Å². The van der Waals surface area contributed by atoms with Crippen molar-refractivity contribution >= 4 is 0 Å². The zero-order chi connectivity index (χ0) is 24.3. The molecule has 1 atom stereocenters. The molecule has 5 nitrogen and oxygen atoms in total. The summed E-state index contributed by atoms with van der Waals surface area (Å²) in [6.45, 7) is 3.66. The number of quaternary nitrogens is 1. The molecule has 182 valence electrons. The Kier molecular flexibility index (Phi) is 4.85. The predicted molar refractivity (Wildman–Crippen MR) is 133 cm³/mol. The highest BCUT2D eigenvalue weighted by Crippen LogP contribution is 2.50. The molecule has 2 bridgehead atoms. The van der Waals surface area contributed by atoms with Crippen molar-refractivity contribution in [3.05, 3.63) is 107 Å². The molecule has 3 aliphatic heterocycles. The summed E-state index contributed by atoms with van der Waals surface area (Å²) in [7, 11) is 0. The molecule has 8 rings (SSSR count). The van der Waals surface area contributed by atoms with Crippen LogP contribution in [0.15, 0.2) is 83.4 Å². The van der Waals surface area contributed by atoms with Gasteiger partial charge in [0, 0.05) is 42.0 Å². The van der Waals surface area contributed by atoms with Gasteiger partial charge >= 0.3 is 0 Å². The van der Waals surface area contributed by atoms with E-state index in [-0.39, 0.29) is 11.9 Å². The van der Waals surface area contributed by atoms with Crippen LogP contribution in [0.2, 0.25) is 0 Å². The summed E-state index contributed by atoms with van der Waals surface area (Å²) in [5.74, 6) is 1.57. The van der Waals surface area contributed by atoms with Crippen LogP contribution in [0.1, 0.15) is 35.4 Å². The molecular weight excluding hydrogens is 455 g/mol. The molecule has 3 aromatic carbocycles. The highest BCUT2D eigenvalue weighted by Gasteiger charge is 2.49. The van der Waals surface area contributed by atoms with E-state index < -0.39 is 5.60 Å². The van der Waals surface area contributed by atoms with Crippen LogP contribution in [0.25, 0.3) is 11.1 Å². The maximum atomic E-state index is 13.7. The van der Waals surface area contributed by atoms with E-state index in [0.717, 1.165) is 65.0 Å². The molecular formula is C30H28FN2O3+. The van der Waals surface area contributed by atoms with E-state index in [1.165, 1.54) is 12.1 Å². The van der Waals surface area contributed by atoms with Gasteiger partial charge in [-0.15, -0.1) is 0 Å². The number of nitrogens with zero attached hydrogens (tertiary/aromatic N) is 2. The second-order valence-corrected chi connectivity index (χ2v) is 10.6.